The molecule has 8 heteroatoms. The molecule has 1 amide bonds. The summed E-state index contributed by atoms with van der Waals surface area (Å²) in [6.45, 7) is 5.51. The number of H-pyrrole nitrogens is 1. The fourth-order valence-electron chi connectivity index (χ4n) is 2.99. The van der Waals surface area contributed by atoms with Crippen molar-refractivity contribution in [2.24, 2.45) is 0 Å². The first kappa shape index (κ1) is 14.8. The summed E-state index contributed by atoms with van der Waals surface area (Å²) in [7, 11) is 0. The highest BCUT2D eigenvalue weighted by molar-refractivity contribution is 6.04. The summed E-state index contributed by atoms with van der Waals surface area (Å²) >= 11 is 0. The second kappa shape index (κ2) is 6.04. The summed E-state index contributed by atoms with van der Waals surface area (Å²) in [6.07, 6.45) is 0. The lowest BCUT2D eigenvalue weighted by Crippen LogP contribution is -2.48. The third kappa shape index (κ3) is 2.65. The predicted octanol–water partition coefficient (Wildman–Crippen LogP) is 1.21. The molecule has 1 aromatic carbocycles. The molecule has 4 rings (SSSR count). The number of piperazine rings is 1. The highest BCUT2D eigenvalue weighted by atomic mass is 16.6. The number of aromatic amines is 1. The third-order valence-electron chi connectivity index (χ3n) is 4.45. The molecule has 124 valence electrons. The van der Waals surface area contributed by atoms with Crippen LogP contribution in [0.5, 0.6) is 0 Å². The van der Waals surface area contributed by atoms with Crippen molar-refractivity contribution in [2.45, 2.75) is 13.5 Å². The predicted molar refractivity (Wildman–Crippen MR) is 86.3 cm³/mol. The van der Waals surface area contributed by atoms with Gasteiger partial charge in [0.2, 0.25) is 0 Å². The summed E-state index contributed by atoms with van der Waals surface area (Å²) < 4.78 is 4.73. The highest BCUT2D eigenvalue weighted by Gasteiger charge is 2.25. The summed E-state index contributed by atoms with van der Waals surface area (Å²) in [5.74, 6) is -0.0219. The minimum Gasteiger partial charge on any atom is -0.335 e. The van der Waals surface area contributed by atoms with E-state index in [0.717, 1.165) is 35.4 Å². The molecule has 2 aromatic heterocycles. The number of benzene rings is 1. The van der Waals surface area contributed by atoms with Crippen LogP contribution in [0.15, 0.2) is 28.9 Å². The van der Waals surface area contributed by atoms with Gasteiger partial charge in [0, 0.05) is 38.1 Å². The smallest absolute Gasteiger partial charge is 0.275 e. The zero-order chi connectivity index (χ0) is 16.5. The maximum atomic E-state index is 12.7. The Labute approximate surface area is 138 Å². The molecule has 0 unspecified atom stereocenters. The fraction of sp³-hybridized carbons (Fsp3) is 0.375. The van der Waals surface area contributed by atoms with Gasteiger partial charge in [0.15, 0.2) is 5.69 Å². The normalized spacial score (nSPS) is 16.0. The molecule has 1 N–H and O–H groups in total. The Kier molecular flexibility index (Phi) is 3.73. The third-order valence-corrected chi connectivity index (χ3v) is 4.45. The van der Waals surface area contributed by atoms with Crippen molar-refractivity contribution in [3.05, 3.63) is 41.3 Å². The van der Waals surface area contributed by atoms with Gasteiger partial charge in [-0.2, -0.15) is 5.10 Å². The second-order valence-electron chi connectivity index (χ2n) is 5.98. The minimum absolute atomic E-state index is 0.0219. The molecular weight excluding hydrogens is 308 g/mol. The van der Waals surface area contributed by atoms with Crippen molar-refractivity contribution in [3.8, 4) is 0 Å². The second-order valence-corrected chi connectivity index (χ2v) is 5.98. The molecule has 0 aliphatic carbocycles. The van der Waals surface area contributed by atoms with Crippen LogP contribution < -0.4 is 0 Å². The topological polar surface area (TPSA) is 91.2 Å². The molecular formula is C16H18N6O2. The standard InChI is InChI=1S/C16H18N6O2/c1-11-14(20-24-19-11)10-21-6-8-22(9-7-21)16(23)15-12-4-2-3-5-13(12)17-18-15/h2-5H,6-10H2,1H3,(H,17,18). The van der Waals surface area contributed by atoms with Crippen molar-refractivity contribution >= 4 is 16.8 Å². The first-order valence-corrected chi connectivity index (χ1v) is 7.95. The van der Waals surface area contributed by atoms with Crippen LogP contribution in [0.3, 0.4) is 0 Å². The van der Waals surface area contributed by atoms with Crippen LogP contribution in [-0.4, -0.2) is 62.4 Å². The van der Waals surface area contributed by atoms with Gasteiger partial charge in [0.05, 0.1) is 5.52 Å². The molecule has 3 aromatic rings. The molecule has 1 aliphatic rings. The maximum absolute atomic E-state index is 12.7. The van der Waals surface area contributed by atoms with Crippen LogP contribution in [-0.2, 0) is 6.54 Å². The molecule has 0 spiro atoms. The molecule has 0 bridgehead atoms. The number of amides is 1. The van der Waals surface area contributed by atoms with Gasteiger partial charge in [-0.15, -0.1) is 0 Å². The van der Waals surface area contributed by atoms with E-state index in [0.29, 0.717) is 25.3 Å². The van der Waals surface area contributed by atoms with Gasteiger partial charge in [-0.1, -0.05) is 28.5 Å². The number of aromatic nitrogens is 4. The van der Waals surface area contributed by atoms with Crippen LogP contribution in [0.2, 0.25) is 0 Å². The van der Waals surface area contributed by atoms with Crippen molar-refractivity contribution in [3.63, 3.8) is 0 Å². The van der Waals surface area contributed by atoms with E-state index in [9.17, 15) is 4.79 Å². The number of aryl methyl sites for hydroxylation is 1. The van der Waals surface area contributed by atoms with Gasteiger partial charge in [-0.05, 0) is 13.0 Å². The minimum atomic E-state index is -0.0219. The van der Waals surface area contributed by atoms with E-state index in [1.807, 2.05) is 36.1 Å². The number of nitrogens with zero attached hydrogens (tertiary/aromatic N) is 5. The van der Waals surface area contributed by atoms with E-state index in [4.69, 9.17) is 4.63 Å². The SMILES string of the molecule is Cc1nonc1CN1CCN(C(=O)c2n[nH]c3ccccc23)CC1. The van der Waals surface area contributed by atoms with Crippen molar-refractivity contribution in [2.75, 3.05) is 26.2 Å². The van der Waals surface area contributed by atoms with Gasteiger partial charge in [0.25, 0.3) is 5.91 Å². The van der Waals surface area contributed by atoms with E-state index in [2.05, 4.69) is 25.4 Å². The maximum Gasteiger partial charge on any atom is 0.275 e. The number of hydrogen-bond donors (Lipinski definition) is 1. The number of hydrogen-bond acceptors (Lipinski definition) is 6. The van der Waals surface area contributed by atoms with Crippen LogP contribution in [0, 0.1) is 6.92 Å². The average molecular weight is 326 g/mol. The van der Waals surface area contributed by atoms with Crippen LogP contribution >= 0.6 is 0 Å². The molecule has 1 aliphatic heterocycles. The summed E-state index contributed by atoms with van der Waals surface area (Å²) in [5, 5.41) is 15.7. The lowest BCUT2D eigenvalue weighted by atomic mass is 10.2. The number of rotatable bonds is 3. The lowest BCUT2D eigenvalue weighted by molar-refractivity contribution is 0.0621. The molecule has 0 saturated carbocycles. The molecule has 0 atom stereocenters. The van der Waals surface area contributed by atoms with Crippen molar-refractivity contribution < 1.29 is 9.42 Å². The Morgan fingerprint density at radius 1 is 1.21 bits per heavy atom. The summed E-state index contributed by atoms with van der Waals surface area (Å²) in [6, 6.07) is 7.68. The molecule has 1 saturated heterocycles. The number of carbonyl (C=O) groups excluding carboxylic acids is 1. The van der Waals surface area contributed by atoms with Crippen molar-refractivity contribution in [1.82, 2.24) is 30.3 Å². The van der Waals surface area contributed by atoms with Crippen LogP contribution in [0.1, 0.15) is 21.9 Å². The van der Waals surface area contributed by atoms with Crippen molar-refractivity contribution in [1.29, 1.82) is 0 Å². The van der Waals surface area contributed by atoms with Gasteiger partial charge < -0.3 is 4.90 Å². The molecule has 8 nitrogen and oxygen atoms in total. The Morgan fingerprint density at radius 2 is 2.00 bits per heavy atom. The monoisotopic (exact) mass is 326 g/mol. The number of para-hydroxylation sites is 1. The number of fused-ring (bicyclic) bond motifs is 1. The quantitative estimate of drug-likeness (QED) is 0.778. The van der Waals surface area contributed by atoms with Crippen LogP contribution in [0.4, 0.5) is 0 Å². The zero-order valence-electron chi connectivity index (χ0n) is 13.4. The Balaban J connectivity index is 1.42. The molecule has 24 heavy (non-hydrogen) atoms. The van der Waals surface area contributed by atoms with E-state index in [1.165, 1.54) is 0 Å². The van der Waals surface area contributed by atoms with E-state index >= 15 is 0 Å². The highest BCUT2D eigenvalue weighted by Crippen LogP contribution is 2.18. The number of carbonyl (C=O) groups is 1. The largest absolute Gasteiger partial charge is 0.335 e. The summed E-state index contributed by atoms with van der Waals surface area (Å²) in [5.41, 5.74) is 3.05. The Hall–Kier alpha value is -2.74. The Morgan fingerprint density at radius 3 is 2.75 bits per heavy atom. The lowest BCUT2D eigenvalue weighted by Gasteiger charge is -2.33. The first-order chi connectivity index (χ1) is 11.7. The van der Waals surface area contributed by atoms with E-state index in [-0.39, 0.29) is 5.91 Å². The van der Waals surface area contributed by atoms with E-state index in [1.54, 1.807) is 0 Å². The van der Waals surface area contributed by atoms with Crippen LogP contribution in [0.25, 0.3) is 10.9 Å². The molecule has 0 radical (unpaired) electrons. The van der Waals surface area contributed by atoms with E-state index < -0.39 is 0 Å². The average Bonchev–Trinajstić information content (AvgIpc) is 3.21. The fourth-order valence-corrected chi connectivity index (χ4v) is 2.99. The zero-order valence-corrected chi connectivity index (χ0v) is 13.4. The van der Waals surface area contributed by atoms with Gasteiger partial charge in [-0.25, -0.2) is 4.63 Å². The first-order valence-electron chi connectivity index (χ1n) is 7.95. The molecule has 3 heterocycles. The summed E-state index contributed by atoms with van der Waals surface area (Å²) in [4.78, 5) is 16.8. The van der Waals surface area contributed by atoms with Gasteiger partial charge in [-0.3, -0.25) is 14.8 Å². The Bertz CT molecular complexity index is 862. The number of nitrogens with one attached hydrogen (secondary N) is 1. The molecule has 1 fully saturated rings. The van der Waals surface area contributed by atoms with Gasteiger partial charge >= 0.3 is 0 Å². The van der Waals surface area contributed by atoms with Gasteiger partial charge in [0.1, 0.15) is 11.4 Å².